The Bertz CT molecular complexity index is 1030. The van der Waals surface area contributed by atoms with Crippen molar-refractivity contribution < 1.29 is 18.0 Å². The smallest absolute Gasteiger partial charge is 0.255 e. The standard InChI is InChI=1S/C19H19BrN2O4S/c1-12-10-14(6-9-16(12)20)21-17(23)13-4-7-15(8-5-13)22-18(24)19(2,3)11-27(22,25)26/h4-10H,11H2,1-3H3,(H,21,23). The zero-order valence-corrected chi connectivity index (χ0v) is 17.5. The quantitative estimate of drug-likeness (QED) is 0.771. The largest absolute Gasteiger partial charge is 0.322 e. The number of anilines is 2. The number of rotatable bonds is 3. The van der Waals surface area contributed by atoms with Crippen molar-refractivity contribution in [1.29, 1.82) is 0 Å². The Morgan fingerprint density at radius 3 is 2.30 bits per heavy atom. The molecule has 2 amide bonds. The molecule has 1 aliphatic rings. The Kier molecular flexibility index (Phi) is 4.90. The van der Waals surface area contributed by atoms with E-state index in [4.69, 9.17) is 0 Å². The summed E-state index contributed by atoms with van der Waals surface area (Å²) in [4.78, 5) is 24.8. The molecule has 2 aromatic rings. The molecule has 6 nitrogen and oxygen atoms in total. The van der Waals surface area contributed by atoms with Crippen LogP contribution in [0.25, 0.3) is 0 Å². The van der Waals surface area contributed by atoms with Gasteiger partial charge in [-0.15, -0.1) is 0 Å². The number of hydrogen-bond acceptors (Lipinski definition) is 4. The number of hydrogen-bond donors (Lipinski definition) is 1. The predicted octanol–water partition coefficient (Wildman–Crippen LogP) is 3.71. The second-order valence-corrected chi connectivity index (χ2v) is 9.85. The minimum absolute atomic E-state index is 0.232. The van der Waals surface area contributed by atoms with Gasteiger partial charge in [-0.2, -0.15) is 0 Å². The van der Waals surface area contributed by atoms with Gasteiger partial charge < -0.3 is 5.32 Å². The lowest BCUT2D eigenvalue weighted by Crippen LogP contribution is -2.32. The topological polar surface area (TPSA) is 83.6 Å². The SMILES string of the molecule is Cc1cc(NC(=O)c2ccc(N3C(=O)C(C)(C)CS3(=O)=O)cc2)ccc1Br. The Labute approximate surface area is 166 Å². The third-order valence-corrected chi connectivity index (χ3v) is 7.27. The molecule has 2 aromatic carbocycles. The van der Waals surface area contributed by atoms with Gasteiger partial charge in [-0.05, 0) is 68.8 Å². The molecule has 0 saturated carbocycles. The highest BCUT2D eigenvalue weighted by atomic mass is 79.9. The van der Waals surface area contributed by atoms with E-state index in [0.29, 0.717) is 11.3 Å². The highest BCUT2D eigenvalue weighted by Crippen LogP contribution is 2.35. The summed E-state index contributed by atoms with van der Waals surface area (Å²) in [7, 11) is -3.71. The lowest BCUT2D eigenvalue weighted by Gasteiger charge is -2.17. The van der Waals surface area contributed by atoms with Crippen LogP contribution >= 0.6 is 15.9 Å². The van der Waals surface area contributed by atoms with Crippen molar-refractivity contribution in [2.45, 2.75) is 20.8 Å². The molecule has 0 aromatic heterocycles. The molecule has 1 heterocycles. The number of benzene rings is 2. The molecule has 1 saturated heterocycles. The first-order chi connectivity index (χ1) is 12.5. The van der Waals surface area contributed by atoms with Crippen molar-refractivity contribution in [2.24, 2.45) is 5.41 Å². The molecule has 0 bridgehead atoms. The monoisotopic (exact) mass is 450 g/mol. The van der Waals surface area contributed by atoms with Crippen LogP contribution in [0.2, 0.25) is 0 Å². The van der Waals surface area contributed by atoms with E-state index in [-0.39, 0.29) is 17.3 Å². The van der Waals surface area contributed by atoms with Gasteiger partial charge >= 0.3 is 0 Å². The molecule has 27 heavy (non-hydrogen) atoms. The van der Waals surface area contributed by atoms with Crippen LogP contribution < -0.4 is 9.62 Å². The predicted molar refractivity (Wildman–Crippen MR) is 108 cm³/mol. The minimum atomic E-state index is -3.71. The maximum absolute atomic E-state index is 12.4. The van der Waals surface area contributed by atoms with Crippen molar-refractivity contribution >= 4 is 49.1 Å². The molecule has 0 unspecified atom stereocenters. The third-order valence-electron chi connectivity index (χ3n) is 4.36. The van der Waals surface area contributed by atoms with Crippen LogP contribution in [0.1, 0.15) is 29.8 Å². The maximum Gasteiger partial charge on any atom is 0.255 e. The van der Waals surface area contributed by atoms with Crippen molar-refractivity contribution in [3.63, 3.8) is 0 Å². The van der Waals surface area contributed by atoms with E-state index in [1.165, 1.54) is 24.3 Å². The number of aryl methyl sites for hydroxylation is 1. The van der Waals surface area contributed by atoms with E-state index < -0.39 is 21.3 Å². The summed E-state index contributed by atoms with van der Waals surface area (Å²) < 4.78 is 26.4. The fourth-order valence-electron chi connectivity index (χ4n) is 2.94. The molecule has 1 fully saturated rings. The number of nitrogens with one attached hydrogen (secondary N) is 1. The summed E-state index contributed by atoms with van der Waals surface area (Å²) >= 11 is 3.41. The molecule has 3 rings (SSSR count). The Hall–Kier alpha value is -2.19. The first-order valence-electron chi connectivity index (χ1n) is 8.26. The van der Waals surface area contributed by atoms with Gasteiger partial charge in [0.1, 0.15) is 0 Å². The van der Waals surface area contributed by atoms with Gasteiger partial charge in [0, 0.05) is 15.7 Å². The number of carbonyl (C=O) groups excluding carboxylic acids is 2. The Morgan fingerprint density at radius 2 is 1.78 bits per heavy atom. The second-order valence-electron chi connectivity index (χ2n) is 7.17. The van der Waals surface area contributed by atoms with Gasteiger partial charge in [0.15, 0.2) is 0 Å². The summed E-state index contributed by atoms with van der Waals surface area (Å²) in [5.41, 5.74) is 1.28. The number of nitrogens with zero attached hydrogens (tertiary/aromatic N) is 1. The fourth-order valence-corrected chi connectivity index (χ4v) is 5.29. The lowest BCUT2D eigenvalue weighted by molar-refractivity contribution is -0.123. The van der Waals surface area contributed by atoms with E-state index in [9.17, 15) is 18.0 Å². The summed E-state index contributed by atoms with van der Waals surface area (Å²) in [5, 5.41) is 2.79. The summed E-state index contributed by atoms with van der Waals surface area (Å²) in [6.45, 7) is 5.13. The summed E-state index contributed by atoms with van der Waals surface area (Å²) in [5.74, 6) is -1.02. The average molecular weight is 451 g/mol. The highest BCUT2D eigenvalue weighted by Gasteiger charge is 2.49. The molecule has 142 valence electrons. The zero-order chi connectivity index (χ0) is 20.0. The van der Waals surface area contributed by atoms with Gasteiger partial charge in [0.2, 0.25) is 15.9 Å². The first-order valence-corrected chi connectivity index (χ1v) is 10.7. The van der Waals surface area contributed by atoms with Crippen molar-refractivity contribution in [3.8, 4) is 0 Å². The molecule has 0 radical (unpaired) electrons. The van der Waals surface area contributed by atoms with Crippen molar-refractivity contribution in [2.75, 3.05) is 15.4 Å². The summed E-state index contributed by atoms with van der Waals surface area (Å²) in [6.07, 6.45) is 0. The van der Waals surface area contributed by atoms with Gasteiger partial charge in [-0.1, -0.05) is 15.9 Å². The second kappa shape index (κ2) is 6.76. The van der Waals surface area contributed by atoms with E-state index in [2.05, 4.69) is 21.2 Å². The lowest BCUT2D eigenvalue weighted by atomic mass is 9.95. The van der Waals surface area contributed by atoms with Crippen LogP contribution in [0.4, 0.5) is 11.4 Å². The van der Waals surface area contributed by atoms with Crippen molar-refractivity contribution in [1.82, 2.24) is 0 Å². The molecular weight excluding hydrogens is 432 g/mol. The summed E-state index contributed by atoms with van der Waals surface area (Å²) in [6, 6.07) is 11.4. The molecular formula is C19H19BrN2O4S. The minimum Gasteiger partial charge on any atom is -0.322 e. The molecule has 1 N–H and O–H groups in total. The van der Waals surface area contributed by atoms with E-state index >= 15 is 0 Å². The number of sulfonamides is 1. The normalized spacial score (nSPS) is 17.8. The zero-order valence-electron chi connectivity index (χ0n) is 15.1. The van der Waals surface area contributed by atoms with Gasteiger partial charge in [-0.25, -0.2) is 12.7 Å². The van der Waals surface area contributed by atoms with Crippen LogP contribution in [0, 0.1) is 12.3 Å². The highest BCUT2D eigenvalue weighted by molar-refractivity contribution is 9.10. The average Bonchev–Trinajstić information content (AvgIpc) is 2.74. The van der Waals surface area contributed by atoms with Gasteiger partial charge in [-0.3, -0.25) is 9.59 Å². The van der Waals surface area contributed by atoms with Crippen LogP contribution in [0.5, 0.6) is 0 Å². The number of halogens is 1. The van der Waals surface area contributed by atoms with Gasteiger partial charge in [0.05, 0.1) is 16.9 Å². The third kappa shape index (κ3) is 3.77. The number of amides is 2. The number of carbonyl (C=O) groups is 2. The first kappa shape index (κ1) is 19.6. The molecule has 0 aliphatic carbocycles. The Morgan fingerprint density at radius 1 is 1.15 bits per heavy atom. The fraction of sp³-hybridized carbons (Fsp3) is 0.263. The van der Waals surface area contributed by atoms with Crippen LogP contribution in [-0.4, -0.2) is 26.0 Å². The maximum atomic E-state index is 12.4. The molecule has 1 aliphatic heterocycles. The Balaban J connectivity index is 1.82. The molecule has 0 atom stereocenters. The van der Waals surface area contributed by atoms with Crippen molar-refractivity contribution in [3.05, 3.63) is 58.1 Å². The van der Waals surface area contributed by atoms with E-state index in [0.717, 1.165) is 14.3 Å². The molecule has 8 heteroatoms. The molecule has 0 spiro atoms. The van der Waals surface area contributed by atoms with Crippen LogP contribution in [-0.2, 0) is 14.8 Å². The van der Waals surface area contributed by atoms with Gasteiger partial charge in [0.25, 0.3) is 5.91 Å². The van der Waals surface area contributed by atoms with Crippen LogP contribution in [0.3, 0.4) is 0 Å². The van der Waals surface area contributed by atoms with Crippen LogP contribution in [0.15, 0.2) is 46.9 Å². The van der Waals surface area contributed by atoms with E-state index in [1.807, 2.05) is 19.1 Å². The van der Waals surface area contributed by atoms with E-state index in [1.54, 1.807) is 19.9 Å².